The van der Waals surface area contributed by atoms with Gasteiger partial charge in [0.15, 0.2) is 5.82 Å². The number of aromatic nitrogens is 2. The van der Waals surface area contributed by atoms with Gasteiger partial charge >= 0.3 is 6.03 Å². The second-order valence-corrected chi connectivity index (χ2v) is 6.91. The molecule has 2 aromatic carbocycles. The van der Waals surface area contributed by atoms with E-state index in [4.69, 9.17) is 22.1 Å². The Bertz CT molecular complexity index is 1080. The molecule has 1 aliphatic rings. The Morgan fingerprint density at radius 2 is 2.03 bits per heavy atom. The number of halogens is 1. The third kappa shape index (κ3) is 4.02. The molecule has 4 N–H and O–H groups in total. The zero-order valence-electron chi connectivity index (χ0n) is 15.3. The van der Waals surface area contributed by atoms with E-state index < -0.39 is 5.91 Å². The monoisotopic (exact) mass is 411 g/mol. The lowest BCUT2D eigenvalue weighted by Crippen LogP contribution is -2.35. The second kappa shape index (κ2) is 7.84. The van der Waals surface area contributed by atoms with E-state index in [0.717, 1.165) is 5.56 Å². The molecule has 0 radical (unpaired) electrons. The number of hydrogen-bond donors (Lipinski definition) is 3. The number of carbonyl (C=O) groups excluding carboxylic acids is 2. The van der Waals surface area contributed by atoms with Crippen LogP contribution in [0.2, 0.25) is 5.02 Å². The lowest BCUT2D eigenvalue weighted by Gasteiger charge is -2.27. The highest BCUT2D eigenvalue weighted by Crippen LogP contribution is 2.37. The van der Waals surface area contributed by atoms with E-state index in [2.05, 4.69) is 15.7 Å². The molecular weight excluding hydrogens is 394 g/mol. The number of benzene rings is 2. The highest BCUT2D eigenvalue weighted by molar-refractivity contribution is 6.32. The van der Waals surface area contributed by atoms with E-state index in [9.17, 15) is 9.59 Å². The van der Waals surface area contributed by atoms with Crippen molar-refractivity contribution in [2.24, 2.45) is 5.73 Å². The Morgan fingerprint density at radius 3 is 2.86 bits per heavy atom. The van der Waals surface area contributed by atoms with Crippen molar-refractivity contribution in [2.75, 3.05) is 11.9 Å². The highest BCUT2D eigenvalue weighted by Gasteiger charge is 2.24. The molecule has 148 valence electrons. The second-order valence-electron chi connectivity index (χ2n) is 6.51. The largest absolute Gasteiger partial charge is 0.492 e. The van der Waals surface area contributed by atoms with Crippen molar-refractivity contribution >= 4 is 29.4 Å². The molecule has 0 saturated carbocycles. The van der Waals surface area contributed by atoms with Gasteiger partial charge in [-0.25, -0.2) is 9.48 Å². The summed E-state index contributed by atoms with van der Waals surface area (Å²) in [6.07, 6.45) is 2.31. The topological polar surface area (TPSA) is 111 Å². The minimum absolute atomic E-state index is 0.216. The number of ether oxygens (including phenoxy) is 1. The number of urea groups is 1. The van der Waals surface area contributed by atoms with Gasteiger partial charge in [0.2, 0.25) is 5.91 Å². The summed E-state index contributed by atoms with van der Waals surface area (Å²) in [6.45, 7) is 0.465. The number of para-hydroxylation sites is 1. The number of nitrogens with zero attached hydrogens (tertiary/aromatic N) is 2. The lowest BCUT2D eigenvalue weighted by molar-refractivity contribution is 0.1000. The molecule has 0 unspecified atom stereocenters. The minimum atomic E-state index is -0.520. The molecule has 4 rings (SSSR count). The maximum Gasteiger partial charge on any atom is 0.320 e. The number of anilines is 1. The maximum absolute atomic E-state index is 12.5. The molecular formula is C20H18ClN5O3. The van der Waals surface area contributed by atoms with E-state index in [1.165, 1.54) is 0 Å². The van der Waals surface area contributed by atoms with E-state index >= 15 is 0 Å². The smallest absolute Gasteiger partial charge is 0.320 e. The first-order valence-electron chi connectivity index (χ1n) is 8.96. The van der Waals surface area contributed by atoms with Crippen LogP contribution in [0.25, 0.3) is 5.69 Å². The number of carbonyl (C=O) groups is 2. The summed E-state index contributed by atoms with van der Waals surface area (Å²) in [5.74, 6) is 0.447. The average Bonchev–Trinajstić information content (AvgIpc) is 3.17. The summed E-state index contributed by atoms with van der Waals surface area (Å²) in [6, 6.07) is 13.3. The molecule has 29 heavy (non-hydrogen) atoms. The third-order valence-corrected chi connectivity index (χ3v) is 4.85. The van der Waals surface area contributed by atoms with Crippen molar-refractivity contribution in [2.45, 2.75) is 12.5 Å². The van der Waals surface area contributed by atoms with Gasteiger partial charge in [0.25, 0.3) is 0 Å². The van der Waals surface area contributed by atoms with Gasteiger partial charge in [-0.2, -0.15) is 0 Å². The summed E-state index contributed by atoms with van der Waals surface area (Å²) >= 11 is 6.17. The van der Waals surface area contributed by atoms with Crippen LogP contribution in [0.5, 0.6) is 5.75 Å². The highest BCUT2D eigenvalue weighted by atomic mass is 35.5. The normalized spacial score (nSPS) is 15.1. The Hall–Kier alpha value is -3.52. The average molecular weight is 412 g/mol. The van der Waals surface area contributed by atoms with Crippen LogP contribution in [0, 0.1) is 0 Å². The predicted octanol–water partition coefficient (Wildman–Crippen LogP) is 3.27. The molecule has 0 spiro atoms. The first kappa shape index (κ1) is 18.8. The zero-order chi connectivity index (χ0) is 20.4. The van der Waals surface area contributed by atoms with Gasteiger partial charge < -0.3 is 15.8 Å². The zero-order valence-corrected chi connectivity index (χ0v) is 16.0. The van der Waals surface area contributed by atoms with E-state index in [-0.39, 0.29) is 12.1 Å². The van der Waals surface area contributed by atoms with Gasteiger partial charge in [-0.15, -0.1) is 5.10 Å². The fraction of sp³-hybridized carbons (Fsp3) is 0.150. The van der Waals surface area contributed by atoms with Crippen LogP contribution in [0.1, 0.15) is 28.4 Å². The van der Waals surface area contributed by atoms with Crippen molar-refractivity contribution in [3.63, 3.8) is 0 Å². The molecule has 1 aliphatic heterocycles. The van der Waals surface area contributed by atoms with Crippen molar-refractivity contribution in [3.05, 3.63) is 70.9 Å². The Labute approximate surface area is 171 Å². The van der Waals surface area contributed by atoms with Crippen LogP contribution < -0.4 is 21.1 Å². The van der Waals surface area contributed by atoms with Crippen LogP contribution >= 0.6 is 11.6 Å². The third-order valence-electron chi connectivity index (χ3n) is 4.56. The van der Waals surface area contributed by atoms with E-state index in [1.807, 2.05) is 12.1 Å². The molecule has 8 nitrogen and oxygen atoms in total. The van der Waals surface area contributed by atoms with Crippen LogP contribution in [0.3, 0.4) is 0 Å². The molecule has 0 bridgehead atoms. The Kier molecular flexibility index (Phi) is 5.09. The van der Waals surface area contributed by atoms with Crippen molar-refractivity contribution in [1.29, 1.82) is 0 Å². The van der Waals surface area contributed by atoms with Crippen LogP contribution in [-0.4, -0.2) is 28.3 Å². The molecule has 9 heteroatoms. The molecule has 1 aromatic heterocycles. The lowest BCUT2D eigenvalue weighted by atomic mass is 10.0. The van der Waals surface area contributed by atoms with Gasteiger partial charge in [0.1, 0.15) is 5.75 Å². The first-order valence-corrected chi connectivity index (χ1v) is 9.34. The Balaban J connectivity index is 1.45. The molecule has 3 aromatic rings. The van der Waals surface area contributed by atoms with Crippen LogP contribution in [0.15, 0.2) is 54.7 Å². The number of fused-ring (bicyclic) bond motifs is 1. The van der Waals surface area contributed by atoms with Crippen LogP contribution in [-0.2, 0) is 0 Å². The number of rotatable bonds is 4. The summed E-state index contributed by atoms with van der Waals surface area (Å²) in [5, 5.41) is 10.5. The molecule has 1 atom stereocenters. The van der Waals surface area contributed by atoms with Crippen molar-refractivity contribution < 1.29 is 14.3 Å². The molecule has 0 aliphatic carbocycles. The number of primary amides is 1. The summed E-state index contributed by atoms with van der Waals surface area (Å²) < 4.78 is 7.16. The molecule has 3 amide bonds. The van der Waals surface area contributed by atoms with Crippen molar-refractivity contribution in [1.82, 2.24) is 15.1 Å². The standard InChI is InChI=1S/C20H18ClN5O3/c21-15-6-2-5-14-16(8-10-29-18(14)15)23-20(28)24-17-7-9-26(25-17)13-4-1-3-12(11-13)19(22)27/h1-7,9,11,16H,8,10H2,(H2,22,27)(H2,23,24,25,28)/t16-/m0/s1. The number of nitrogens with two attached hydrogens (primary N) is 1. The van der Waals surface area contributed by atoms with Gasteiger partial charge in [-0.1, -0.05) is 29.8 Å². The van der Waals surface area contributed by atoms with Gasteiger partial charge in [0.05, 0.1) is 23.4 Å². The summed E-state index contributed by atoms with van der Waals surface area (Å²) in [5.41, 5.74) is 7.19. The van der Waals surface area contributed by atoms with Gasteiger partial charge in [-0.05, 0) is 24.3 Å². The SMILES string of the molecule is NC(=O)c1cccc(-n2ccc(NC(=O)N[C@H]3CCOc4c(Cl)cccc43)n2)c1. The minimum Gasteiger partial charge on any atom is -0.492 e. The number of hydrogen-bond acceptors (Lipinski definition) is 4. The molecule has 0 saturated heterocycles. The van der Waals surface area contributed by atoms with E-state index in [1.54, 1.807) is 47.3 Å². The fourth-order valence-electron chi connectivity index (χ4n) is 3.18. The molecule has 2 heterocycles. The quantitative estimate of drug-likeness (QED) is 0.611. The Morgan fingerprint density at radius 1 is 1.21 bits per heavy atom. The first-order chi connectivity index (χ1) is 14.0. The van der Waals surface area contributed by atoms with Gasteiger partial charge in [-0.3, -0.25) is 10.1 Å². The van der Waals surface area contributed by atoms with Crippen molar-refractivity contribution in [3.8, 4) is 11.4 Å². The predicted molar refractivity (Wildman–Crippen MR) is 109 cm³/mol. The summed E-state index contributed by atoms with van der Waals surface area (Å²) in [4.78, 5) is 23.8. The van der Waals surface area contributed by atoms with E-state index in [0.29, 0.717) is 40.9 Å². The number of nitrogens with one attached hydrogen (secondary N) is 2. The maximum atomic E-state index is 12.5. The van der Waals surface area contributed by atoms with Crippen LogP contribution in [0.4, 0.5) is 10.6 Å². The van der Waals surface area contributed by atoms with Gasteiger partial charge in [0, 0.05) is 29.8 Å². The number of amides is 3. The fourth-order valence-corrected chi connectivity index (χ4v) is 3.42. The summed E-state index contributed by atoms with van der Waals surface area (Å²) in [7, 11) is 0. The molecule has 0 fully saturated rings.